The standard InChI is InChI=1S/C12H16N2O2/c1-9-4-2-3-5-14(9)12(16)11-6-10(8-15)7-13-11/h6-9,13H,2-5H2,1H3. The monoisotopic (exact) mass is 220 g/mol. The van der Waals surface area contributed by atoms with Gasteiger partial charge in [0.15, 0.2) is 6.29 Å². The summed E-state index contributed by atoms with van der Waals surface area (Å²) in [5.41, 5.74) is 1.03. The molecule has 1 aromatic heterocycles. The number of amides is 1. The molecular weight excluding hydrogens is 204 g/mol. The topological polar surface area (TPSA) is 53.2 Å². The van der Waals surface area contributed by atoms with Crippen molar-refractivity contribution in [2.24, 2.45) is 0 Å². The highest BCUT2D eigenvalue weighted by Gasteiger charge is 2.24. The molecule has 0 radical (unpaired) electrons. The molecule has 2 heterocycles. The Kier molecular flexibility index (Phi) is 3.08. The molecule has 0 spiro atoms. The molecule has 1 fully saturated rings. The lowest BCUT2D eigenvalue weighted by Crippen LogP contribution is -2.42. The fourth-order valence-electron chi connectivity index (χ4n) is 2.16. The third-order valence-corrected chi connectivity index (χ3v) is 3.14. The highest BCUT2D eigenvalue weighted by molar-refractivity contribution is 5.94. The molecule has 86 valence electrons. The van der Waals surface area contributed by atoms with Gasteiger partial charge in [0.2, 0.25) is 0 Å². The van der Waals surface area contributed by atoms with E-state index in [0.717, 1.165) is 25.7 Å². The van der Waals surface area contributed by atoms with E-state index in [9.17, 15) is 9.59 Å². The molecule has 16 heavy (non-hydrogen) atoms. The number of aromatic amines is 1. The zero-order valence-electron chi connectivity index (χ0n) is 9.40. The number of carbonyl (C=O) groups is 2. The van der Waals surface area contributed by atoms with Gasteiger partial charge in [-0.15, -0.1) is 0 Å². The number of H-pyrrole nitrogens is 1. The number of hydrogen-bond acceptors (Lipinski definition) is 2. The lowest BCUT2D eigenvalue weighted by molar-refractivity contribution is 0.0630. The first-order chi connectivity index (χ1) is 7.72. The quantitative estimate of drug-likeness (QED) is 0.773. The minimum Gasteiger partial charge on any atom is -0.356 e. The summed E-state index contributed by atoms with van der Waals surface area (Å²) in [5, 5.41) is 0. The normalized spacial score (nSPS) is 20.8. The Morgan fingerprint density at radius 3 is 3.00 bits per heavy atom. The molecule has 4 nitrogen and oxygen atoms in total. The van der Waals surface area contributed by atoms with Crippen molar-refractivity contribution >= 4 is 12.2 Å². The van der Waals surface area contributed by atoms with Crippen LogP contribution in [0, 0.1) is 0 Å². The van der Waals surface area contributed by atoms with Gasteiger partial charge in [0, 0.05) is 24.3 Å². The number of nitrogens with zero attached hydrogens (tertiary/aromatic N) is 1. The fraction of sp³-hybridized carbons (Fsp3) is 0.500. The van der Waals surface area contributed by atoms with Crippen molar-refractivity contribution in [3.8, 4) is 0 Å². The van der Waals surface area contributed by atoms with Crippen LogP contribution in [-0.4, -0.2) is 34.7 Å². The smallest absolute Gasteiger partial charge is 0.270 e. The van der Waals surface area contributed by atoms with Crippen molar-refractivity contribution in [3.05, 3.63) is 23.5 Å². The molecule has 0 aliphatic carbocycles. The summed E-state index contributed by atoms with van der Waals surface area (Å²) in [7, 11) is 0. The predicted molar refractivity (Wildman–Crippen MR) is 60.5 cm³/mol. The molecule has 4 heteroatoms. The summed E-state index contributed by atoms with van der Waals surface area (Å²) in [6.45, 7) is 2.88. The molecule has 1 unspecified atom stereocenters. The van der Waals surface area contributed by atoms with Gasteiger partial charge in [0.1, 0.15) is 5.69 Å². The van der Waals surface area contributed by atoms with E-state index in [-0.39, 0.29) is 5.91 Å². The highest BCUT2D eigenvalue weighted by atomic mass is 16.2. The third-order valence-electron chi connectivity index (χ3n) is 3.14. The molecule has 2 rings (SSSR count). The second kappa shape index (κ2) is 4.51. The van der Waals surface area contributed by atoms with Crippen molar-refractivity contribution in [1.29, 1.82) is 0 Å². The Morgan fingerprint density at radius 1 is 1.56 bits per heavy atom. The van der Waals surface area contributed by atoms with Crippen LogP contribution in [0.15, 0.2) is 12.3 Å². The lowest BCUT2D eigenvalue weighted by Gasteiger charge is -2.33. The van der Waals surface area contributed by atoms with Gasteiger partial charge in [-0.05, 0) is 32.3 Å². The Morgan fingerprint density at radius 2 is 2.38 bits per heavy atom. The fourth-order valence-corrected chi connectivity index (χ4v) is 2.16. The number of nitrogens with one attached hydrogen (secondary N) is 1. The molecule has 1 aromatic rings. The first-order valence-corrected chi connectivity index (χ1v) is 5.67. The van der Waals surface area contributed by atoms with E-state index in [1.54, 1.807) is 12.3 Å². The Balaban J connectivity index is 2.14. The number of aldehydes is 1. The van der Waals surface area contributed by atoms with E-state index in [4.69, 9.17) is 0 Å². The molecule has 1 saturated heterocycles. The molecule has 0 aromatic carbocycles. The average Bonchev–Trinajstić information content (AvgIpc) is 2.77. The summed E-state index contributed by atoms with van der Waals surface area (Å²) in [4.78, 5) is 27.4. The van der Waals surface area contributed by atoms with Crippen molar-refractivity contribution in [2.45, 2.75) is 32.2 Å². The number of piperidine rings is 1. The summed E-state index contributed by atoms with van der Waals surface area (Å²) < 4.78 is 0. The number of carbonyl (C=O) groups excluding carboxylic acids is 2. The number of hydrogen-bond donors (Lipinski definition) is 1. The van der Waals surface area contributed by atoms with Crippen LogP contribution in [0.2, 0.25) is 0 Å². The summed E-state index contributed by atoms with van der Waals surface area (Å²) in [6, 6.07) is 1.90. The molecule has 1 aliphatic rings. The van der Waals surface area contributed by atoms with Gasteiger partial charge in [0.25, 0.3) is 5.91 Å². The number of likely N-dealkylation sites (tertiary alicyclic amines) is 1. The van der Waals surface area contributed by atoms with Crippen LogP contribution in [-0.2, 0) is 0 Å². The van der Waals surface area contributed by atoms with E-state index in [1.165, 1.54) is 6.42 Å². The second-order valence-corrected chi connectivity index (χ2v) is 4.31. The van der Waals surface area contributed by atoms with E-state index in [0.29, 0.717) is 17.3 Å². The van der Waals surface area contributed by atoms with Gasteiger partial charge in [-0.3, -0.25) is 9.59 Å². The summed E-state index contributed by atoms with van der Waals surface area (Å²) in [6.07, 6.45) is 5.63. The van der Waals surface area contributed by atoms with E-state index in [1.807, 2.05) is 4.90 Å². The Hall–Kier alpha value is -1.58. The van der Waals surface area contributed by atoms with Crippen molar-refractivity contribution in [3.63, 3.8) is 0 Å². The largest absolute Gasteiger partial charge is 0.356 e. The lowest BCUT2D eigenvalue weighted by atomic mass is 10.0. The van der Waals surface area contributed by atoms with E-state index >= 15 is 0 Å². The maximum atomic E-state index is 12.1. The average molecular weight is 220 g/mol. The number of rotatable bonds is 2. The molecule has 1 aliphatic heterocycles. The second-order valence-electron chi connectivity index (χ2n) is 4.31. The first-order valence-electron chi connectivity index (χ1n) is 5.67. The minimum atomic E-state index is 0.000278. The van der Waals surface area contributed by atoms with Crippen molar-refractivity contribution in [1.82, 2.24) is 9.88 Å². The van der Waals surface area contributed by atoms with Gasteiger partial charge < -0.3 is 9.88 Å². The van der Waals surface area contributed by atoms with Crippen LogP contribution in [0.3, 0.4) is 0 Å². The van der Waals surface area contributed by atoms with E-state index in [2.05, 4.69) is 11.9 Å². The van der Waals surface area contributed by atoms with Gasteiger partial charge in [-0.25, -0.2) is 0 Å². The molecule has 0 bridgehead atoms. The van der Waals surface area contributed by atoms with Crippen LogP contribution >= 0.6 is 0 Å². The first kappa shape index (κ1) is 10.9. The van der Waals surface area contributed by atoms with Gasteiger partial charge in [-0.1, -0.05) is 0 Å². The van der Waals surface area contributed by atoms with Crippen LogP contribution in [0.5, 0.6) is 0 Å². The SMILES string of the molecule is CC1CCCCN1C(=O)c1cc(C=O)c[nH]1. The molecule has 0 saturated carbocycles. The Labute approximate surface area is 94.6 Å². The summed E-state index contributed by atoms with van der Waals surface area (Å²) >= 11 is 0. The third kappa shape index (κ3) is 2.01. The van der Waals surface area contributed by atoms with Crippen LogP contribution in [0.25, 0.3) is 0 Å². The van der Waals surface area contributed by atoms with Crippen molar-refractivity contribution in [2.75, 3.05) is 6.54 Å². The summed E-state index contributed by atoms with van der Waals surface area (Å²) in [5.74, 6) is 0.000278. The van der Waals surface area contributed by atoms with Gasteiger partial charge in [-0.2, -0.15) is 0 Å². The highest BCUT2D eigenvalue weighted by Crippen LogP contribution is 2.18. The molecule has 1 N–H and O–H groups in total. The zero-order chi connectivity index (χ0) is 11.5. The molecule has 1 amide bonds. The Bertz CT molecular complexity index is 397. The van der Waals surface area contributed by atoms with Gasteiger partial charge in [0.05, 0.1) is 0 Å². The maximum Gasteiger partial charge on any atom is 0.270 e. The van der Waals surface area contributed by atoms with Crippen LogP contribution in [0.4, 0.5) is 0 Å². The predicted octanol–water partition coefficient (Wildman–Crippen LogP) is 1.84. The molecule has 1 atom stereocenters. The number of aromatic nitrogens is 1. The minimum absolute atomic E-state index is 0.000278. The van der Waals surface area contributed by atoms with Crippen LogP contribution in [0.1, 0.15) is 47.0 Å². The van der Waals surface area contributed by atoms with Crippen molar-refractivity contribution < 1.29 is 9.59 Å². The van der Waals surface area contributed by atoms with E-state index < -0.39 is 0 Å². The zero-order valence-corrected chi connectivity index (χ0v) is 9.40. The van der Waals surface area contributed by atoms with Crippen LogP contribution < -0.4 is 0 Å². The van der Waals surface area contributed by atoms with Gasteiger partial charge >= 0.3 is 0 Å². The maximum absolute atomic E-state index is 12.1. The molecular formula is C12H16N2O2.